The van der Waals surface area contributed by atoms with E-state index in [1.54, 1.807) is 6.33 Å². The lowest BCUT2D eigenvalue weighted by Crippen LogP contribution is -2.46. The summed E-state index contributed by atoms with van der Waals surface area (Å²) in [4.78, 5) is 30.0. The first-order valence-electron chi connectivity index (χ1n) is 12.5. The predicted octanol–water partition coefficient (Wildman–Crippen LogP) is 3.12. The van der Waals surface area contributed by atoms with Gasteiger partial charge in [0.2, 0.25) is 11.8 Å². The minimum atomic E-state index is 0.0193. The van der Waals surface area contributed by atoms with Gasteiger partial charge in [-0.1, -0.05) is 32.1 Å². The largest absolute Gasteiger partial charge is 0.343 e. The van der Waals surface area contributed by atoms with Gasteiger partial charge in [0.1, 0.15) is 12.2 Å². The number of aryl methyl sites for hydroxylation is 1. The van der Waals surface area contributed by atoms with Crippen molar-refractivity contribution < 1.29 is 9.59 Å². The van der Waals surface area contributed by atoms with Crippen LogP contribution in [0.15, 0.2) is 6.33 Å². The van der Waals surface area contributed by atoms with Gasteiger partial charge in [-0.3, -0.25) is 9.59 Å². The molecule has 4 fully saturated rings. The maximum absolute atomic E-state index is 12.9. The van der Waals surface area contributed by atoms with Gasteiger partial charge in [-0.25, -0.2) is 0 Å². The third kappa shape index (κ3) is 4.24. The van der Waals surface area contributed by atoms with E-state index >= 15 is 0 Å². The molecule has 1 spiro atoms. The van der Waals surface area contributed by atoms with Crippen LogP contribution in [0.5, 0.6) is 0 Å². The van der Waals surface area contributed by atoms with Gasteiger partial charge in [-0.2, -0.15) is 0 Å². The van der Waals surface area contributed by atoms with Crippen molar-refractivity contribution in [1.29, 1.82) is 0 Å². The van der Waals surface area contributed by atoms with E-state index in [1.807, 2.05) is 11.6 Å². The highest BCUT2D eigenvalue weighted by molar-refractivity contribution is 5.81. The molecule has 1 atom stereocenters. The molecule has 5 rings (SSSR count). The third-order valence-corrected chi connectivity index (χ3v) is 8.55. The molecule has 2 saturated carbocycles. The van der Waals surface area contributed by atoms with Crippen molar-refractivity contribution in [2.24, 2.45) is 24.3 Å². The Bertz CT molecular complexity index is 803. The van der Waals surface area contributed by atoms with E-state index in [0.29, 0.717) is 18.2 Å². The van der Waals surface area contributed by atoms with Crippen LogP contribution in [0, 0.1) is 17.3 Å². The zero-order valence-corrected chi connectivity index (χ0v) is 19.0. The maximum atomic E-state index is 12.9. The van der Waals surface area contributed by atoms with Crippen LogP contribution < -0.4 is 0 Å². The molecule has 1 aromatic heterocycles. The second-order valence-electron chi connectivity index (χ2n) is 10.6. The van der Waals surface area contributed by atoms with Crippen LogP contribution in [0.1, 0.15) is 82.4 Å². The van der Waals surface area contributed by atoms with Crippen molar-refractivity contribution in [3.8, 4) is 0 Å². The summed E-state index contributed by atoms with van der Waals surface area (Å²) in [5.41, 5.74) is 0.0193. The zero-order chi connectivity index (χ0) is 21.4. The highest BCUT2D eigenvalue weighted by atomic mass is 16.2. The summed E-state index contributed by atoms with van der Waals surface area (Å²) in [6, 6.07) is 0. The molecule has 0 radical (unpaired) electrons. The molecule has 31 heavy (non-hydrogen) atoms. The second-order valence-corrected chi connectivity index (χ2v) is 10.6. The Morgan fingerprint density at radius 2 is 1.81 bits per heavy atom. The van der Waals surface area contributed by atoms with E-state index in [2.05, 4.69) is 20.0 Å². The number of likely N-dealkylation sites (tertiary alicyclic amines) is 2. The smallest absolute Gasteiger partial charge is 0.225 e. The standard InChI is InChI=1S/C24H37N5O2/c1-27-17-25-26-22(27)20-15-29(23(31)19-8-9-19)16-24(20)11-13-28(14-12-24)21(30)10-7-18-5-3-2-4-6-18/h17-20H,2-16H2,1H3. The third-order valence-electron chi connectivity index (χ3n) is 8.55. The van der Waals surface area contributed by atoms with Crippen LogP contribution in [-0.4, -0.2) is 62.6 Å². The minimum Gasteiger partial charge on any atom is -0.343 e. The fourth-order valence-electron chi connectivity index (χ4n) is 6.36. The van der Waals surface area contributed by atoms with Gasteiger partial charge in [-0.05, 0) is 38.0 Å². The van der Waals surface area contributed by atoms with Crippen LogP contribution in [0.2, 0.25) is 0 Å². The minimum absolute atomic E-state index is 0.0193. The van der Waals surface area contributed by atoms with Gasteiger partial charge in [0, 0.05) is 56.9 Å². The average molecular weight is 428 g/mol. The summed E-state index contributed by atoms with van der Waals surface area (Å²) >= 11 is 0. The number of nitrogens with zero attached hydrogens (tertiary/aromatic N) is 5. The number of hydrogen-bond acceptors (Lipinski definition) is 4. The molecule has 2 saturated heterocycles. The first kappa shape index (κ1) is 21.0. The van der Waals surface area contributed by atoms with Gasteiger partial charge in [0.15, 0.2) is 0 Å². The Balaban J connectivity index is 1.23. The number of amides is 2. The Morgan fingerprint density at radius 1 is 1.06 bits per heavy atom. The summed E-state index contributed by atoms with van der Waals surface area (Å²) in [7, 11) is 2.00. The van der Waals surface area contributed by atoms with Crippen LogP contribution >= 0.6 is 0 Å². The Morgan fingerprint density at radius 3 is 2.45 bits per heavy atom. The normalized spacial score (nSPS) is 26.5. The quantitative estimate of drug-likeness (QED) is 0.724. The van der Waals surface area contributed by atoms with Gasteiger partial charge in [-0.15, -0.1) is 10.2 Å². The SMILES string of the molecule is Cn1cnnc1C1CN(C(=O)C2CC2)CC12CCN(C(=O)CCC1CCCCC1)CC2. The Hall–Kier alpha value is -1.92. The van der Waals surface area contributed by atoms with E-state index in [9.17, 15) is 9.59 Å². The van der Waals surface area contributed by atoms with Crippen molar-refractivity contribution in [2.75, 3.05) is 26.2 Å². The molecule has 1 aromatic rings. The van der Waals surface area contributed by atoms with Crippen molar-refractivity contribution in [3.63, 3.8) is 0 Å². The molecule has 2 amide bonds. The average Bonchev–Trinajstić information content (AvgIpc) is 3.47. The molecule has 0 bridgehead atoms. The van der Waals surface area contributed by atoms with Gasteiger partial charge in [0.05, 0.1) is 0 Å². The second kappa shape index (κ2) is 8.55. The molecule has 2 aliphatic carbocycles. The molecule has 7 heteroatoms. The molecule has 2 aliphatic heterocycles. The molecule has 1 unspecified atom stereocenters. The predicted molar refractivity (Wildman–Crippen MR) is 117 cm³/mol. The highest BCUT2D eigenvalue weighted by Gasteiger charge is 2.53. The Labute approximate surface area is 185 Å². The Kier molecular flexibility index (Phi) is 5.78. The van der Waals surface area contributed by atoms with E-state index in [1.165, 1.54) is 32.1 Å². The topological polar surface area (TPSA) is 71.3 Å². The maximum Gasteiger partial charge on any atom is 0.225 e. The van der Waals surface area contributed by atoms with E-state index in [4.69, 9.17) is 0 Å². The van der Waals surface area contributed by atoms with Crippen molar-refractivity contribution in [3.05, 3.63) is 12.2 Å². The first-order valence-corrected chi connectivity index (χ1v) is 12.5. The van der Waals surface area contributed by atoms with Crippen molar-refractivity contribution in [2.45, 2.75) is 76.5 Å². The fraction of sp³-hybridized carbons (Fsp3) is 0.833. The summed E-state index contributed by atoms with van der Waals surface area (Å²) in [6.07, 6.45) is 14.2. The van der Waals surface area contributed by atoms with Gasteiger partial charge in [0.25, 0.3) is 0 Å². The van der Waals surface area contributed by atoms with E-state index in [0.717, 1.165) is 70.0 Å². The fourth-order valence-corrected chi connectivity index (χ4v) is 6.36. The number of carbonyl (C=O) groups excluding carboxylic acids is 2. The molecular weight excluding hydrogens is 390 g/mol. The number of piperidine rings is 1. The summed E-state index contributed by atoms with van der Waals surface area (Å²) < 4.78 is 2.01. The summed E-state index contributed by atoms with van der Waals surface area (Å²) in [5.74, 6) is 2.86. The lowest BCUT2D eigenvalue weighted by molar-refractivity contribution is -0.135. The lowest BCUT2D eigenvalue weighted by Gasteiger charge is -2.42. The number of aromatic nitrogens is 3. The molecule has 3 heterocycles. The number of rotatable bonds is 5. The monoisotopic (exact) mass is 427 g/mol. The number of hydrogen-bond donors (Lipinski definition) is 0. The summed E-state index contributed by atoms with van der Waals surface area (Å²) in [6.45, 7) is 3.17. The van der Waals surface area contributed by atoms with Gasteiger partial charge >= 0.3 is 0 Å². The highest BCUT2D eigenvalue weighted by Crippen LogP contribution is 2.50. The van der Waals surface area contributed by atoms with Crippen LogP contribution in [0.25, 0.3) is 0 Å². The van der Waals surface area contributed by atoms with Gasteiger partial charge < -0.3 is 14.4 Å². The number of carbonyl (C=O) groups is 2. The van der Waals surface area contributed by atoms with Crippen molar-refractivity contribution >= 4 is 11.8 Å². The van der Waals surface area contributed by atoms with Crippen LogP contribution in [0.4, 0.5) is 0 Å². The first-order chi connectivity index (χ1) is 15.1. The molecule has 0 N–H and O–H groups in total. The molecule has 170 valence electrons. The molecule has 7 nitrogen and oxygen atoms in total. The van der Waals surface area contributed by atoms with E-state index in [-0.39, 0.29) is 17.3 Å². The van der Waals surface area contributed by atoms with E-state index < -0.39 is 0 Å². The van der Waals surface area contributed by atoms with Crippen LogP contribution in [-0.2, 0) is 16.6 Å². The zero-order valence-electron chi connectivity index (χ0n) is 19.0. The van der Waals surface area contributed by atoms with Crippen molar-refractivity contribution in [1.82, 2.24) is 24.6 Å². The van der Waals surface area contributed by atoms with Crippen LogP contribution in [0.3, 0.4) is 0 Å². The molecular formula is C24H37N5O2. The lowest BCUT2D eigenvalue weighted by atomic mass is 9.70. The summed E-state index contributed by atoms with van der Waals surface area (Å²) in [5, 5.41) is 8.55. The molecule has 0 aromatic carbocycles. The molecule has 4 aliphatic rings.